The Morgan fingerprint density at radius 1 is 1.04 bits per heavy atom. The molecule has 1 saturated heterocycles. The number of ether oxygens (including phenoxy) is 1. The minimum Gasteiger partial charge on any atom is -0.444 e. The van der Waals surface area contributed by atoms with E-state index in [2.05, 4.69) is 0 Å². The van der Waals surface area contributed by atoms with Crippen molar-refractivity contribution in [2.24, 2.45) is 0 Å². The highest BCUT2D eigenvalue weighted by Gasteiger charge is 2.32. The van der Waals surface area contributed by atoms with E-state index in [4.69, 9.17) is 27.9 Å². The maximum atomic E-state index is 12.7. The average molecular weight is 395 g/mol. The predicted molar refractivity (Wildman–Crippen MR) is 93.0 cm³/mol. The second-order valence-corrected chi connectivity index (χ2v) is 9.29. The maximum absolute atomic E-state index is 12.7. The summed E-state index contributed by atoms with van der Waals surface area (Å²) in [6.45, 7) is 6.26. The lowest BCUT2D eigenvalue weighted by molar-refractivity contribution is 0.0192. The van der Waals surface area contributed by atoms with Crippen molar-refractivity contribution < 1.29 is 17.9 Å². The molecule has 9 heteroatoms. The van der Waals surface area contributed by atoms with Gasteiger partial charge >= 0.3 is 6.09 Å². The van der Waals surface area contributed by atoms with Gasteiger partial charge in [0, 0.05) is 36.2 Å². The number of carbonyl (C=O) groups excluding carboxylic acids is 1. The van der Waals surface area contributed by atoms with E-state index < -0.39 is 21.7 Å². The number of rotatable bonds is 2. The molecule has 1 aliphatic rings. The Labute approximate surface area is 152 Å². The number of hydrogen-bond donors (Lipinski definition) is 0. The Balaban J connectivity index is 2.07. The first-order chi connectivity index (χ1) is 11.0. The zero-order valence-electron chi connectivity index (χ0n) is 13.8. The van der Waals surface area contributed by atoms with E-state index >= 15 is 0 Å². The number of nitrogens with zero attached hydrogens (tertiary/aromatic N) is 2. The molecule has 1 fully saturated rings. The third-order valence-electron chi connectivity index (χ3n) is 3.36. The smallest absolute Gasteiger partial charge is 0.410 e. The van der Waals surface area contributed by atoms with E-state index in [1.165, 1.54) is 27.4 Å². The molecule has 1 aliphatic heterocycles. The van der Waals surface area contributed by atoms with Crippen LogP contribution in [0.2, 0.25) is 10.0 Å². The minimum absolute atomic E-state index is 0.0470. The Hall–Kier alpha value is -1.02. The number of carbonyl (C=O) groups is 1. The first-order valence-electron chi connectivity index (χ1n) is 7.43. The zero-order chi connectivity index (χ0) is 18.1. The summed E-state index contributed by atoms with van der Waals surface area (Å²) in [5, 5.41) is 0.516. The van der Waals surface area contributed by atoms with Gasteiger partial charge in [0.15, 0.2) is 0 Å². The van der Waals surface area contributed by atoms with Crippen LogP contribution in [0.15, 0.2) is 23.1 Å². The summed E-state index contributed by atoms with van der Waals surface area (Å²) in [7, 11) is -3.71. The van der Waals surface area contributed by atoms with Crippen molar-refractivity contribution in [3.8, 4) is 0 Å². The molecular formula is C15H20Cl2N2O4S. The highest BCUT2D eigenvalue weighted by atomic mass is 35.5. The summed E-state index contributed by atoms with van der Waals surface area (Å²) in [5.74, 6) is 0. The van der Waals surface area contributed by atoms with Gasteiger partial charge in [0.25, 0.3) is 0 Å². The van der Waals surface area contributed by atoms with E-state index in [1.807, 2.05) is 0 Å². The van der Waals surface area contributed by atoms with Gasteiger partial charge < -0.3 is 9.64 Å². The summed E-state index contributed by atoms with van der Waals surface area (Å²) >= 11 is 11.8. The molecule has 2 rings (SSSR count). The van der Waals surface area contributed by atoms with E-state index in [-0.39, 0.29) is 41.1 Å². The van der Waals surface area contributed by atoms with Crippen molar-refractivity contribution in [1.82, 2.24) is 9.21 Å². The van der Waals surface area contributed by atoms with Crippen LogP contribution >= 0.6 is 23.2 Å². The van der Waals surface area contributed by atoms with E-state index in [9.17, 15) is 13.2 Å². The van der Waals surface area contributed by atoms with Gasteiger partial charge in [0.1, 0.15) is 5.60 Å². The van der Waals surface area contributed by atoms with E-state index in [1.54, 1.807) is 20.8 Å². The highest BCUT2D eigenvalue weighted by molar-refractivity contribution is 7.89. The third-order valence-corrected chi connectivity index (χ3v) is 5.68. The second kappa shape index (κ2) is 7.07. The Bertz CT molecular complexity index is 703. The molecule has 0 aromatic heterocycles. The van der Waals surface area contributed by atoms with Crippen LogP contribution in [0.1, 0.15) is 20.8 Å². The predicted octanol–water partition coefficient (Wildman–Crippen LogP) is 3.23. The van der Waals surface area contributed by atoms with Crippen molar-refractivity contribution in [3.05, 3.63) is 28.2 Å². The van der Waals surface area contributed by atoms with Gasteiger partial charge in [-0.15, -0.1) is 0 Å². The first kappa shape index (κ1) is 19.3. The average Bonchev–Trinajstić information content (AvgIpc) is 2.44. The number of benzene rings is 1. The van der Waals surface area contributed by atoms with Crippen LogP contribution in [0.4, 0.5) is 4.79 Å². The number of halogens is 2. The monoisotopic (exact) mass is 394 g/mol. The standard InChI is InChI=1S/C15H20Cl2N2O4S/c1-15(2,3)23-14(20)18-4-6-19(7-5-18)24(21,22)13-9-11(16)8-12(17)10-13/h8-10H,4-7H2,1-3H3. The molecule has 0 radical (unpaired) electrons. The summed E-state index contributed by atoms with van der Waals surface area (Å²) in [6.07, 6.45) is -0.439. The molecule has 0 unspecified atom stereocenters. The van der Waals surface area contributed by atoms with E-state index in [0.717, 1.165) is 0 Å². The van der Waals surface area contributed by atoms with Crippen molar-refractivity contribution in [1.29, 1.82) is 0 Å². The van der Waals surface area contributed by atoms with Crippen LogP contribution in [0.3, 0.4) is 0 Å². The lowest BCUT2D eigenvalue weighted by atomic mass is 10.2. The van der Waals surface area contributed by atoms with Crippen molar-refractivity contribution >= 4 is 39.3 Å². The molecule has 6 nitrogen and oxygen atoms in total. The molecule has 0 aliphatic carbocycles. The van der Waals surface area contributed by atoms with Crippen LogP contribution in [-0.4, -0.2) is 55.5 Å². The van der Waals surface area contributed by atoms with Crippen LogP contribution in [0.5, 0.6) is 0 Å². The number of sulfonamides is 1. The second-order valence-electron chi connectivity index (χ2n) is 6.48. The number of amides is 1. The molecule has 1 aromatic rings. The SMILES string of the molecule is CC(C)(C)OC(=O)N1CCN(S(=O)(=O)c2cc(Cl)cc(Cl)c2)CC1. The van der Waals surface area contributed by atoms with Crippen LogP contribution in [0, 0.1) is 0 Å². The van der Waals surface area contributed by atoms with Crippen molar-refractivity contribution in [3.63, 3.8) is 0 Å². The Kier molecular flexibility index (Phi) is 5.69. The minimum atomic E-state index is -3.71. The Morgan fingerprint density at radius 3 is 2.00 bits per heavy atom. The van der Waals surface area contributed by atoms with Gasteiger partial charge in [0.2, 0.25) is 10.0 Å². The number of hydrogen-bond acceptors (Lipinski definition) is 4. The topological polar surface area (TPSA) is 66.9 Å². The molecule has 0 bridgehead atoms. The largest absolute Gasteiger partial charge is 0.444 e. The molecule has 1 amide bonds. The highest BCUT2D eigenvalue weighted by Crippen LogP contribution is 2.25. The third kappa shape index (κ3) is 4.75. The molecular weight excluding hydrogens is 375 g/mol. The lowest BCUT2D eigenvalue weighted by Crippen LogP contribution is -2.51. The quantitative estimate of drug-likeness (QED) is 0.771. The van der Waals surface area contributed by atoms with Crippen LogP contribution in [0.25, 0.3) is 0 Å². The number of piperazine rings is 1. The molecule has 1 heterocycles. The molecule has 0 saturated carbocycles. The van der Waals surface area contributed by atoms with Gasteiger partial charge in [-0.25, -0.2) is 13.2 Å². The summed E-state index contributed by atoms with van der Waals surface area (Å²) in [6, 6.07) is 4.20. The van der Waals surface area contributed by atoms with Crippen LogP contribution in [-0.2, 0) is 14.8 Å². The van der Waals surface area contributed by atoms with Gasteiger partial charge in [-0.2, -0.15) is 4.31 Å². The fraction of sp³-hybridized carbons (Fsp3) is 0.533. The van der Waals surface area contributed by atoms with Gasteiger partial charge in [-0.1, -0.05) is 23.2 Å². The summed E-state index contributed by atoms with van der Waals surface area (Å²) in [4.78, 5) is 13.6. The van der Waals surface area contributed by atoms with Gasteiger partial charge in [0.05, 0.1) is 4.90 Å². The fourth-order valence-electron chi connectivity index (χ4n) is 2.26. The Morgan fingerprint density at radius 2 is 1.54 bits per heavy atom. The van der Waals surface area contributed by atoms with Gasteiger partial charge in [-0.05, 0) is 39.0 Å². The van der Waals surface area contributed by atoms with Crippen molar-refractivity contribution in [2.45, 2.75) is 31.3 Å². The molecule has 0 spiro atoms. The zero-order valence-corrected chi connectivity index (χ0v) is 16.1. The lowest BCUT2D eigenvalue weighted by Gasteiger charge is -2.35. The normalized spacial score (nSPS) is 17.0. The fourth-order valence-corrected chi connectivity index (χ4v) is 4.41. The molecule has 0 atom stereocenters. The first-order valence-corrected chi connectivity index (χ1v) is 9.63. The molecule has 134 valence electrons. The van der Waals surface area contributed by atoms with E-state index in [0.29, 0.717) is 0 Å². The van der Waals surface area contributed by atoms with Crippen LogP contribution < -0.4 is 0 Å². The molecule has 24 heavy (non-hydrogen) atoms. The molecule has 1 aromatic carbocycles. The van der Waals surface area contributed by atoms with Crippen molar-refractivity contribution in [2.75, 3.05) is 26.2 Å². The summed E-state index contributed by atoms with van der Waals surface area (Å²) in [5.41, 5.74) is -0.585. The summed E-state index contributed by atoms with van der Waals surface area (Å²) < 4.78 is 32.0. The molecule has 0 N–H and O–H groups in total. The van der Waals surface area contributed by atoms with Gasteiger partial charge in [-0.3, -0.25) is 0 Å². The maximum Gasteiger partial charge on any atom is 0.410 e.